The van der Waals surface area contributed by atoms with Gasteiger partial charge in [-0.15, -0.1) is 0 Å². The third kappa shape index (κ3) is 3.35. The fourth-order valence-corrected chi connectivity index (χ4v) is 2.37. The van der Waals surface area contributed by atoms with Gasteiger partial charge in [0.15, 0.2) is 0 Å². The van der Waals surface area contributed by atoms with E-state index in [0.29, 0.717) is 5.71 Å². The minimum Gasteiger partial charge on any atom is -0.352 e. The van der Waals surface area contributed by atoms with Crippen molar-refractivity contribution in [2.45, 2.75) is 45.8 Å². The first-order chi connectivity index (χ1) is 10.3. The summed E-state index contributed by atoms with van der Waals surface area (Å²) in [5.41, 5.74) is 0.488. The Labute approximate surface area is 131 Å². The van der Waals surface area contributed by atoms with E-state index in [-0.39, 0.29) is 24.4 Å². The van der Waals surface area contributed by atoms with E-state index in [1.165, 1.54) is 4.90 Å². The summed E-state index contributed by atoms with van der Waals surface area (Å²) in [6.45, 7) is 7.66. The highest BCUT2D eigenvalue weighted by Gasteiger charge is 2.41. The number of amides is 2. The van der Waals surface area contributed by atoms with E-state index in [4.69, 9.17) is 0 Å². The second kappa shape index (κ2) is 6.30. The molecule has 0 saturated heterocycles. The molecule has 1 unspecified atom stereocenters. The summed E-state index contributed by atoms with van der Waals surface area (Å²) in [5, 5.41) is 2.89. The second-order valence-corrected chi connectivity index (χ2v) is 6.09. The summed E-state index contributed by atoms with van der Waals surface area (Å²) in [6.07, 6.45) is 0.856. The Balaban J connectivity index is 2.15. The largest absolute Gasteiger partial charge is 0.352 e. The van der Waals surface area contributed by atoms with Crippen molar-refractivity contribution in [3.8, 4) is 0 Å². The fourth-order valence-electron chi connectivity index (χ4n) is 2.37. The molecule has 118 valence electrons. The average molecular weight is 301 g/mol. The number of hydrogen-bond donors (Lipinski definition) is 1. The molecule has 0 radical (unpaired) electrons. The number of rotatable bonds is 5. The van der Waals surface area contributed by atoms with Gasteiger partial charge in [0.25, 0.3) is 5.91 Å². The maximum atomic E-state index is 12.6. The molecule has 0 saturated carbocycles. The van der Waals surface area contributed by atoms with Gasteiger partial charge in [-0.1, -0.05) is 37.3 Å². The van der Waals surface area contributed by atoms with E-state index in [1.54, 1.807) is 0 Å². The molecule has 1 aliphatic heterocycles. The van der Waals surface area contributed by atoms with Crippen LogP contribution in [0.3, 0.4) is 0 Å². The maximum absolute atomic E-state index is 12.6. The summed E-state index contributed by atoms with van der Waals surface area (Å²) in [6, 6.07) is 9.45. The summed E-state index contributed by atoms with van der Waals surface area (Å²) >= 11 is 0. The van der Waals surface area contributed by atoms with Gasteiger partial charge in [-0.2, -0.15) is 0 Å². The van der Waals surface area contributed by atoms with Crippen LogP contribution < -0.4 is 5.32 Å². The van der Waals surface area contributed by atoms with Crippen LogP contribution in [0.2, 0.25) is 0 Å². The smallest absolute Gasteiger partial charge is 0.275 e. The molecule has 2 amide bonds. The summed E-state index contributed by atoms with van der Waals surface area (Å²) in [7, 11) is 0. The fraction of sp³-hybridized carbons (Fsp3) is 0.471. The zero-order valence-electron chi connectivity index (χ0n) is 13.6. The molecule has 22 heavy (non-hydrogen) atoms. The molecule has 0 aliphatic carbocycles. The van der Waals surface area contributed by atoms with Crippen molar-refractivity contribution in [3.05, 3.63) is 35.9 Å². The van der Waals surface area contributed by atoms with E-state index in [9.17, 15) is 9.59 Å². The van der Waals surface area contributed by atoms with E-state index in [0.717, 1.165) is 12.0 Å². The molecule has 1 aromatic carbocycles. The van der Waals surface area contributed by atoms with Gasteiger partial charge in [-0.05, 0) is 27.2 Å². The molecule has 1 atom stereocenters. The van der Waals surface area contributed by atoms with Crippen molar-refractivity contribution in [3.63, 3.8) is 0 Å². The normalized spacial score (nSPS) is 18.1. The molecule has 1 N–H and O–H groups in total. The quantitative estimate of drug-likeness (QED) is 0.904. The molecule has 2 rings (SSSR count). The Bertz CT molecular complexity index is 593. The van der Waals surface area contributed by atoms with Crippen molar-refractivity contribution in [2.24, 2.45) is 4.99 Å². The Hall–Kier alpha value is -2.17. The lowest BCUT2D eigenvalue weighted by Crippen LogP contribution is -2.49. The minimum atomic E-state index is -0.713. The third-order valence-electron chi connectivity index (χ3n) is 3.86. The van der Waals surface area contributed by atoms with Crippen molar-refractivity contribution in [1.29, 1.82) is 0 Å². The topological polar surface area (TPSA) is 61.8 Å². The van der Waals surface area contributed by atoms with Gasteiger partial charge in [-0.25, -0.2) is 0 Å². The first-order valence-corrected chi connectivity index (χ1v) is 7.61. The highest BCUT2D eigenvalue weighted by atomic mass is 16.2. The van der Waals surface area contributed by atoms with E-state index in [1.807, 2.05) is 58.0 Å². The zero-order chi connectivity index (χ0) is 16.3. The van der Waals surface area contributed by atoms with E-state index < -0.39 is 5.66 Å². The molecule has 5 heteroatoms. The van der Waals surface area contributed by atoms with Gasteiger partial charge in [0.1, 0.15) is 17.9 Å². The van der Waals surface area contributed by atoms with E-state index in [2.05, 4.69) is 10.3 Å². The van der Waals surface area contributed by atoms with Gasteiger partial charge < -0.3 is 10.2 Å². The van der Waals surface area contributed by atoms with Crippen LogP contribution in [0.15, 0.2) is 35.3 Å². The number of nitrogens with zero attached hydrogens (tertiary/aromatic N) is 2. The van der Waals surface area contributed by atoms with Crippen LogP contribution in [0.4, 0.5) is 0 Å². The first kappa shape index (κ1) is 16.2. The molecule has 1 heterocycles. The molecule has 5 nitrogen and oxygen atoms in total. The number of nitrogens with one attached hydrogen (secondary N) is 1. The molecule has 0 aromatic heterocycles. The molecule has 1 aromatic rings. The van der Waals surface area contributed by atoms with Crippen molar-refractivity contribution < 1.29 is 9.59 Å². The van der Waals surface area contributed by atoms with Gasteiger partial charge in [0.05, 0.1) is 0 Å². The Morgan fingerprint density at radius 3 is 2.55 bits per heavy atom. The number of aliphatic imine (C=N–C) groups is 1. The summed E-state index contributed by atoms with van der Waals surface area (Å²) in [4.78, 5) is 30.8. The van der Waals surface area contributed by atoms with Gasteiger partial charge in [0.2, 0.25) is 5.91 Å². The van der Waals surface area contributed by atoms with Gasteiger partial charge in [0, 0.05) is 11.6 Å². The van der Waals surface area contributed by atoms with Crippen LogP contribution in [-0.2, 0) is 9.59 Å². The van der Waals surface area contributed by atoms with Gasteiger partial charge in [-0.3, -0.25) is 14.6 Å². The molecule has 0 fully saturated rings. The van der Waals surface area contributed by atoms with Crippen LogP contribution >= 0.6 is 0 Å². The lowest BCUT2D eigenvalue weighted by Gasteiger charge is -2.29. The number of carbonyl (C=O) groups is 2. The zero-order valence-corrected chi connectivity index (χ0v) is 13.6. The second-order valence-electron chi connectivity index (χ2n) is 6.09. The average Bonchev–Trinajstić information content (AvgIpc) is 2.71. The SMILES string of the molecule is CCC(C)NC(=O)CN1C(=O)C(c2ccccc2)=NC1(C)C. The number of hydrogen-bond acceptors (Lipinski definition) is 3. The van der Waals surface area contributed by atoms with Crippen molar-refractivity contribution in [2.75, 3.05) is 6.54 Å². The number of carbonyl (C=O) groups excluding carboxylic acids is 2. The Morgan fingerprint density at radius 1 is 1.32 bits per heavy atom. The molecular formula is C17H23N3O2. The molecule has 0 spiro atoms. The van der Waals surface area contributed by atoms with Gasteiger partial charge >= 0.3 is 0 Å². The van der Waals surface area contributed by atoms with Crippen LogP contribution in [0, 0.1) is 0 Å². The van der Waals surface area contributed by atoms with Crippen LogP contribution in [-0.4, -0.2) is 40.7 Å². The monoisotopic (exact) mass is 301 g/mol. The predicted molar refractivity (Wildman–Crippen MR) is 86.7 cm³/mol. The standard InChI is InChI=1S/C17H23N3O2/c1-5-12(2)18-14(21)11-20-16(22)15(19-17(20,3)4)13-9-7-6-8-10-13/h6-10,12H,5,11H2,1-4H3,(H,18,21). The third-order valence-corrected chi connectivity index (χ3v) is 3.86. The summed E-state index contributed by atoms with van der Waals surface area (Å²) in [5.74, 6) is -0.351. The molecular weight excluding hydrogens is 278 g/mol. The lowest BCUT2D eigenvalue weighted by molar-refractivity contribution is -0.134. The van der Waals surface area contributed by atoms with E-state index >= 15 is 0 Å². The maximum Gasteiger partial charge on any atom is 0.275 e. The Morgan fingerprint density at radius 2 is 1.95 bits per heavy atom. The highest BCUT2D eigenvalue weighted by Crippen LogP contribution is 2.25. The first-order valence-electron chi connectivity index (χ1n) is 7.61. The highest BCUT2D eigenvalue weighted by molar-refractivity contribution is 6.46. The minimum absolute atomic E-state index is 0.0238. The lowest BCUT2D eigenvalue weighted by atomic mass is 10.1. The van der Waals surface area contributed by atoms with Crippen LogP contribution in [0.1, 0.15) is 39.7 Å². The van der Waals surface area contributed by atoms with Crippen molar-refractivity contribution >= 4 is 17.5 Å². The predicted octanol–water partition coefficient (Wildman–Crippen LogP) is 1.97. The Kier molecular flexibility index (Phi) is 4.64. The molecule has 1 aliphatic rings. The summed E-state index contributed by atoms with van der Waals surface area (Å²) < 4.78 is 0. The van der Waals surface area contributed by atoms with Crippen molar-refractivity contribution in [1.82, 2.24) is 10.2 Å². The molecule has 0 bridgehead atoms. The number of benzene rings is 1. The van der Waals surface area contributed by atoms with Crippen LogP contribution in [0.5, 0.6) is 0 Å². The van der Waals surface area contributed by atoms with Crippen LogP contribution in [0.25, 0.3) is 0 Å².